The van der Waals surface area contributed by atoms with Crippen LogP contribution in [0, 0.1) is 5.41 Å². The number of hydrogen-bond donors (Lipinski definition) is 1. The van der Waals surface area contributed by atoms with Gasteiger partial charge in [-0.3, -0.25) is 0 Å². The smallest absolute Gasteiger partial charge is 0.450 e. The number of carboxylic acid groups (broad SMARTS) is 1. The van der Waals surface area contributed by atoms with Gasteiger partial charge in [-0.05, 0) is 29.1 Å². The van der Waals surface area contributed by atoms with Gasteiger partial charge in [0.15, 0.2) is 8.32 Å². The standard InChI is InChI=1S/C15H30O4Si/c1-14(2,3)9-12(10-18-13(16)17)11-19-20(7,8)15(4,5)6/h9H,10-11H2,1-8H3,(H,16,17). The molecule has 0 saturated carbocycles. The molecule has 0 fully saturated rings. The van der Waals surface area contributed by atoms with Crippen LogP contribution >= 0.6 is 0 Å². The Labute approximate surface area is 124 Å². The molecule has 0 heterocycles. The summed E-state index contributed by atoms with van der Waals surface area (Å²) in [5.74, 6) is 0. The highest BCUT2D eigenvalue weighted by Gasteiger charge is 2.37. The van der Waals surface area contributed by atoms with E-state index in [1.54, 1.807) is 0 Å². The van der Waals surface area contributed by atoms with Crippen molar-refractivity contribution in [3.63, 3.8) is 0 Å². The molecule has 1 N–H and O–H groups in total. The van der Waals surface area contributed by atoms with Gasteiger partial charge in [0.1, 0.15) is 6.61 Å². The lowest BCUT2D eigenvalue weighted by molar-refractivity contribution is 0.0970. The second kappa shape index (κ2) is 6.76. The van der Waals surface area contributed by atoms with Crippen LogP contribution in [0.2, 0.25) is 18.1 Å². The summed E-state index contributed by atoms with van der Waals surface area (Å²) in [6.45, 7) is 17.6. The molecule has 0 amide bonds. The normalized spacial score (nSPS) is 14.3. The summed E-state index contributed by atoms with van der Waals surface area (Å²) in [6, 6.07) is 0. The fourth-order valence-corrected chi connectivity index (χ4v) is 2.36. The Morgan fingerprint density at radius 3 is 1.95 bits per heavy atom. The van der Waals surface area contributed by atoms with Crippen LogP contribution in [0.1, 0.15) is 41.5 Å². The van der Waals surface area contributed by atoms with E-state index in [0.717, 1.165) is 5.57 Å². The molecule has 0 aromatic heterocycles. The van der Waals surface area contributed by atoms with Gasteiger partial charge in [-0.1, -0.05) is 47.6 Å². The predicted octanol–water partition coefficient (Wildman–Crippen LogP) is 4.68. The van der Waals surface area contributed by atoms with E-state index in [1.807, 2.05) is 6.08 Å². The molecule has 0 aliphatic carbocycles. The molecule has 0 atom stereocenters. The Hall–Kier alpha value is -0.813. The molecular formula is C15H30O4Si. The lowest BCUT2D eigenvalue weighted by atomic mass is 9.94. The van der Waals surface area contributed by atoms with Crippen molar-refractivity contribution in [2.45, 2.75) is 59.7 Å². The zero-order chi connectivity index (χ0) is 16.2. The fourth-order valence-electron chi connectivity index (χ4n) is 1.38. The minimum absolute atomic E-state index is 0.0337. The number of carbonyl (C=O) groups is 1. The second-order valence-corrected chi connectivity index (χ2v) is 12.6. The maximum absolute atomic E-state index is 10.5. The van der Waals surface area contributed by atoms with E-state index in [4.69, 9.17) is 9.53 Å². The quantitative estimate of drug-likeness (QED) is 0.455. The summed E-state index contributed by atoms with van der Waals surface area (Å²) >= 11 is 0. The highest BCUT2D eigenvalue weighted by Crippen LogP contribution is 2.36. The number of allylic oxidation sites excluding steroid dienone is 1. The zero-order valence-corrected chi connectivity index (χ0v) is 15.2. The first-order chi connectivity index (χ1) is 8.74. The van der Waals surface area contributed by atoms with Gasteiger partial charge < -0.3 is 14.3 Å². The van der Waals surface area contributed by atoms with Gasteiger partial charge in [0, 0.05) is 0 Å². The van der Waals surface area contributed by atoms with Gasteiger partial charge in [0.05, 0.1) is 6.61 Å². The van der Waals surface area contributed by atoms with Gasteiger partial charge in [-0.15, -0.1) is 0 Å². The molecule has 118 valence electrons. The molecule has 0 rings (SSSR count). The molecule has 0 unspecified atom stereocenters. The van der Waals surface area contributed by atoms with Crippen LogP contribution in [-0.4, -0.2) is 32.8 Å². The first-order valence-electron chi connectivity index (χ1n) is 6.95. The van der Waals surface area contributed by atoms with E-state index in [0.29, 0.717) is 6.61 Å². The maximum Gasteiger partial charge on any atom is 0.506 e. The van der Waals surface area contributed by atoms with E-state index < -0.39 is 14.5 Å². The van der Waals surface area contributed by atoms with E-state index >= 15 is 0 Å². The van der Waals surface area contributed by atoms with E-state index in [-0.39, 0.29) is 17.1 Å². The zero-order valence-electron chi connectivity index (χ0n) is 14.2. The average Bonchev–Trinajstić information content (AvgIpc) is 2.18. The van der Waals surface area contributed by atoms with Crippen LogP contribution in [0.5, 0.6) is 0 Å². The van der Waals surface area contributed by atoms with Gasteiger partial charge in [-0.2, -0.15) is 0 Å². The third kappa shape index (κ3) is 7.70. The summed E-state index contributed by atoms with van der Waals surface area (Å²) < 4.78 is 10.8. The lowest BCUT2D eigenvalue weighted by Crippen LogP contribution is -2.41. The van der Waals surface area contributed by atoms with Crippen molar-refractivity contribution in [1.82, 2.24) is 0 Å². The van der Waals surface area contributed by atoms with E-state index in [9.17, 15) is 4.79 Å². The first-order valence-corrected chi connectivity index (χ1v) is 9.86. The van der Waals surface area contributed by atoms with Crippen LogP contribution in [0.4, 0.5) is 4.79 Å². The Morgan fingerprint density at radius 2 is 1.60 bits per heavy atom. The summed E-state index contributed by atoms with van der Waals surface area (Å²) in [7, 11) is -1.84. The molecule has 0 radical (unpaired) electrons. The molecule has 0 bridgehead atoms. The topological polar surface area (TPSA) is 55.8 Å². The van der Waals surface area contributed by atoms with Crippen molar-refractivity contribution in [2.75, 3.05) is 13.2 Å². The Kier molecular flexibility index (Phi) is 6.49. The summed E-state index contributed by atoms with van der Waals surface area (Å²) in [5.41, 5.74) is 0.846. The van der Waals surface area contributed by atoms with Gasteiger partial charge in [0.25, 0.3) is 0 Å². The van der Waals surface area contributed by atoms with Crippen LogP contribution in [-0.2, 0) is 9.16 Å². The molecule has 4 nitrogen and oxygen atoms in total. The number of rotatable bonds is 5. The number of ether oxygens (including phenoxy) is 1. The molecule has 20 heavy (non-hydrogen) atoms. The van der Waals surface area contributed by atoms with Crippen molar-refractivity contribution >= 4 is 14.5 Å². The second-order valence-electron chi connectivity index (χ2n) is 7.77. The SMILES string of the molecule is CC(C)(C)C=C(COC(=O)O)CO[Si](C)(C)C(C)(C)C. The average molecular weight is 302 g/mol. The fraction of sp³-hybridized carbons (Fsp3) is 0.800. The van der Waals surface area contributed by atoms with E-state index in [2.05, 4.69) is 59.4 Å². The Bertz CT molecular complexity index is 359. The first kappa shape index (κ1) is 19.2. The van der Waals surface area contributed by atoms with Crippen LogP contribution in [0.25, 0.3) is 0 Å². The van der Waals surface area contributed by atoms with Gasteiger partial charge in [-0.25, -0.2) is 4.79 Å². The van der Waals surface area contributed by atoms with Crippen molar-refractivity contribution in [1.29, 1.82) is 0 Å². The monoisotopic (exact) mass is 302 g/mol. The summed E-state index contributed by atoms with van der Waals surface area (Å²) in [4.78, 5) is 10.5. The predicted molar refractivity (Wildman–Crippen MR) is 84.7 cm³/mol. The largest absolute Gasteiger partial charge is 0.506 e. The van der Waals surface area contributed by atoms with Crippen molar-refractivity contribution in [3.05, 3.63) is 11.6 Å². The highest BCUT2D eigenvalue weighted by molar-refractivity contribution is 6.74. The van der Waals surface area contributed by atoms with Crippen LogP contribution in [0.15, 0.2) is 11.6 Å². The van der Waals surface area contributed by atoms with Crippen molar-refractivity contribution in [3.8, 4) is 0 Å². The van der Waals surface area contributed by atoms with Gasteiger partial charge >= 0.3 is 6.16 Å². The van der Waals surface area contributed by atoms with Crippen LogP contribution < -0.4 is 0 Å². The van der Waals surface area contributed by atoms with Crippen LogP contribution in [0.3, 0.4) is 0 Å². The molecular weight excluding hydrogens is 272 g/mol. The summed E-state index contributed by atoms with van der Waals surface area (Å²) in [5, 5.41) is 8.77. The maximum atomic E-state index is 10.5. The molecule has 0 aliphatic heterocycles. The third-order valence-corrected chi connectivity index (χ3v) is 7.92. The molecule has 5 heteroatoms. The molecule has 0 aromatic carbocycles. The van der Waals surface area contributed by atoms with Gasteiger partial charge in [0.2, 0.25) is 0 Å². The highest BCUT2D eigenvalue weighted by atomic mass is 28.4. The van der Waals surface area contributed by atoms with E-state index in [1.165, 1.54) is 0 Å². The molecule has 0 spiro atoms. The minimum Gasteiger partial charge on any atom is -0.450 e. The minimum atomic E-state index is -1.84. The van der Waals surface area contributed by atoms with Crippen molar-refractivity contribution < 1.29 is 19.1 Å². The lowest BCUT2D eigenvalue weighted by Gasteiger charge is -2.36. The number of hydrogen-bond acceptors (Lipinski definition) is 3. The molecule has 0 aromatic rings. The third-order valence-electron chi connectivity index (χ3n) is 3.44. The molecule has 0 aliphatic rings. The summed E-state index contributed by atoms with van der Waals surface area (Å²) in [6.07, 6.45) is 0.778. The van der Waals surface area contributed by atoms with Crippen molar-refractivity contribution in [2.24, 2.45) is 5.41 Å². The Balaban J connectivity index is 4.84. The Morgan fingerprint density at radius 1 is 1.10 bits per heavy atom. The molecule has 0 saturated heterocycles.